The number of nitrogens with zero attached hydrogens (tertiary/aromatic N) is 2. The van der Waals surface area contributed by atoms with E-state index in [1.165, 1.54) is 18.0 Å². The zero-order valence-corrected chi connectivity index (χ0v) is 9.08. The molecule has 0 spiro atoms. The predicted molar refractivity (Wildman–Crippen MR) is 56.3 cm³/mol. The Kier molecular flexibility index (Phi) is 4.64. The highest BCUT2D eigenvalue weighted by Crippen LogP contribution is 2.14. The zero-order valence-electron chi connectivity index (χ0n) is 8.27. The minimum absolute atomic E-state index is 0.243. The second-order valence-corrected chi connectivity index (χ2v) is 3.59. The SMILES string of the molecule is CCOC(=O)CSc1ccc(C#N)cn1. The number of thioether (sulfide) groups is 1. The number of esters is 1. The normalized spacial score (nSPS) is 9.33. The number of aromatic nitrogens is 1. The standard InChI is InChI=1S/C10H10N2O2S/c1-2-14-10(13)7-15-9-4-3-8(5-11)6-12-9/h3-4,6H,2,7H2,1H3. The summed E-state index contributed by atoms with van der Waals surface area (Å²) in [5, 5.41) is 9.26. The lowest BCUT2D eigenvalue weighted by Gasteiger charge is -2.00. The minimum Gasteiger partial charge on any atom is -0.465 e. The summed E-state index contributed by atoms with van der Waals surface area (Å²) in [4.78, 5) is 15.0. The molecular weight excluding hydrogens is 212 g/mol. The molecule has 1 aromatic heterocycles. The van der Waals surface area contributed by atoms with Gasteiger partial charge < -0.3 is 4.74 Å². The fraction of sp³-hybridized carbons (Fsp3) is 0.300. The van der Waals surface area contributed by atoms with E-state index in [9.17, 15) is 4.79 Å². The van der Waals surface area contributed by atoms with Crippen LogP contribution in [0, 0.1) is 11.3 Å². The van der Waals surface area contributed by atoms with Gasteiger partial charge in [0.1, 0.15) is 6.07 Å². The van der Waals surface area contributed by atoms with Crippen LogP contribution in [0.5, 0.6) is 0 Å². The summed E-state index contributed by atoms with van der Waals surface area (Å²) in [6.07, 6.45) is 1.48. The van der Waals surface area contributed by atoms with E-state index in [1.807, 2.05) is 6.07 Å². The molecule has 0 N–H and O–H groups in total. The van der Waals surface area contributed by atoms with Crippen molar-refractivity contribution < 1.29 is 9.53 Å². The molecule has 0 radical (unpaired) electrons. The van der Waals surface area contributed by atoms with Gasteiger partial charge in [0.05, 0.1) is 22.9 Å². The van der Waals surface area contributed by atoms with Gasteiger partial charge in [-0.2, -0.15) is 5.26 Å². The van der Waals surface area contributed by atoms with Crippen molar-refractivity contribution in [2.45, 2.75) is 11.9 Å². The molecule has 1 heterocycles. The highest BCUT2D eigenvalue weighted by Gasteiger charge is 2.03. The van der Waals surface area contributed by atoms with Crippen molar-refractivity contribution >= 4 is 17.7 Å². The largest absolute Gasteiger partial charge is 0.465 e. The van der Waals surface area contributed by atoms with Gasteiger partial charge in [-0.1, -0.05) is 11.8 Å². The average Bonchev–Trinajstić information content (AvgIpc) is 2.27. The Balaban J connectivity index is 2.45. The van der Waals surface area contributed by atoms with Gasteiger partial charge in [0.15, 0.2) is 0 Å². The molecule has 0 amide bonds. The summed E-state index contributed by atoms with van der Waals surface area (Å²) in [7, 11) is 0. The molecule has 5 heteroatoms. The van der Waals surface area contributed by atoms with Gasteiger partial charge in [-0.15, -0.1) is 0 Å². The fourth-order valence-electron chi connectivity index (χ4n) is 0.867. The molecule has 0 aliphatic heterocycles. The van der Waals surface area contributed by atoms with Crippen LogP contribution in [0.3, 0.4) is 0 Å². The first-order chi connectivity index (χ1) is 7.26. The monoisotopic (exact) mass is 222 g/mol. The highest BCUT2D eigenvalue weighted by molar-refractivity contribution is 7.99. The summed E-state index contributed by atoms with van der Waals surface area (Å²) in [5.41, 5.74) is 0.510. The van der Waals surface area contributed by atoms with Gasteiger partial charge in [-0.25, -0.2) is 4.98 Å². The lowest BCUT2D eigenvalue weighted by Crippen LogP contribution is -2.06. The van der Waals surface area contributed by atoms with Crippen LogP contribution < -0.4 is 0 Å². The summed E-state index contributed by atoms with van der Waals surface area (Å²) >= 11 is 1.29. The highest BCUT2D eigenvalue weighted by atomic mass is 32.2. The minimum atomic E-state index is -0.256. The van der Waals surface area contributed by atoms with Crippen LogP contribution in [0.2, 0.25) is 0 Å². The number of rotatable bonds is 4. The van der Waals surface area contributed by atoms with E-state index in [1.54, 1.807) is 19.1 Å². The summed E-state index contributed by atoms with van der Waals surface area (Å²) in [5.74, 6) is -0.0131. The molecule has 4 nitrogen and oxygen atoms in total. The third kappa shape index (κ3) is 4.00. The number of hydrogen-bond acceptors (Lipinski definition) is 5. The molecule has 0 saturated carbocycles. The maximum Gasteiger partial charge on any atom is 0.316 e. The van der Waals surface area contributed by atoms with E-state index < -0.39 is 0 Å². The Morgan fingerprint density at radius 1 is 1.67 bits per heavy atom. The first-order valence-corrected chi connectivity index (χ1v) is 5.39. The number of hydrogen-bond donors (Lipinski definition) is 0. The molecule has 0 unspecified atom stereocenters. The van der Waals surface area contributed by atoms with Crippen LogP contribution in [-0.4, -0.2) is 23.3 Å². The summed E-state index contributed by atoms with van der Waals surface area (Å²) in [6.45, 7) is 2.16. The Hall–Kier alpha value is -1.54. The molecule has 0 aromatic carbocycles. The van der Waals surface area contributed by atoms with E-state index in [4.69, 9.17) is 10.00 Å². The maximum atomic E-state index is 11.0. The molecule has 78 valence electrons. The Bertz CT molecular complexity index is 370. The quantitative estimate of drug-likeness (QED) is 0.572. The van der Waals surface area contributed by atoms with E-state index in [0.717, 1.165) is 0 Å². The predicted octanol–water partition coefficient (Wildman–Crippen LogP) is 1.61. The van der Waals surface area contributed by atoms with Gasteiger partial charge >= 0.3 is 5.97 Å². The van der Waals surface area contributed by atoms with Crippen LogP contribution in [0.1, 0.15) is 12.5 Å². The molecule has 0 aliphatic carbocycles. The van der Waals surface area contributed by atoms with E-state index >= 15 is 0 Å². The molecule has 1 aromatic rings. The molecule has 0 aliphatic rings. The molecule has 0 bridgehead atoms. The number of carbonyl (C=O) groups is 1. The van der Waals surface area contributed by atoms with Crippen molar-refractivity contribution in [3.05, 3.63) is 23.9 Å². The number of ether oxygens (including phenoxy) is 1. The van der Waals surface area contributed by atoms with E-state index in [-0.39, 0.29) is 11.7 Å². The van der Waals surface area contributed by atoms with Gasteiger partial charge in [0, 0.05) is 6.20 Å². The van der Waals surface area contributed by atoms with Gasteiger partial charge in [-0.3, -0.25) is 4.79 Å². The molecule has 0 saturated heterocycles. The van der Waals surface area contributed by atoms with E-state index in [0.29, 0.717) is 17.2 Å². The van der Waals surface area contributed by atoms with Gasteiger partial charge in [-0.05, 0) is 19.1 Å². The average molecular weight is 222 g/mol. The Morgan fingerprint density at radius 2 is 2.47 bits per heavy atom. The van der Waals surface area contributed by atoms with Crippen LogP contribution in [0.4, 0.5) is 0 Å². The van der Waals surface area contributed by atoms with Crippen molar-refractivity contribution in [1.29, 1.82) is 5.26 Å². The van der Waals surface area contributed by atoms with Gasteiger partial charge in [0.2, 0.25) is 0 Å². The number of nitriles is 1. The van der Waals surface area contributed by atoms with Crippen LogP contribution in [-0.2, 0) is 9.53 Å². The second kappa shape index (κ2) is 6.04. The lowest BCUT2D eigenvalue weighted by molar-refractivity contribution is -0.139. The molecular formula is C10H10N2O2S. The Morgan fingerprint density at radius 3 is 3.00 bits per heavy atom. The fourth-order valence-corrected chi connectivity index (χ4v) is 1.51. The van der Waals surface area contributed by atoms with Crippen LogP contribution in [0.15, 0.2) is 23.4 Å². The molecule has 1 rings (SSSR count). The molecule has 0 atom stereocenters. The van der Waals surface area contributed by atoms with Crippen molar-refractivity contribution in [2.24, 2.45) is 0 Å². The van der Waals surface area contributed by atoms with Gasteiger partial charge in [0.25, 0.3) is 0 Å². The maximum absolute atomic E-state index is 11.0. The van der Waals surface area contributed by atoms with E-state index in [2.05, 4.69) is 4.98 Å². The number of carbonyl (C=O) groups excluding carboxylic acids is 1. The third-order valence-electron chi connectivity index (χ3n) is 1.51. The van der Waals surface area contributed by atoms with Crippen molar-refractivity contribution in [3.63, 3.8) is 0 Å². The lowest BCUT2D eigenvalue weighted by atomic mass is 10.3. The zero-order chi connectivity index (χ0) is 11.1. The van der Waals surface area contributed by atoms with Crippen molar-refractivity contribution in [3.8, 4) is 6.07 Å². The van der Waals surface area contributed by atoms with Crippen molar-refractivity contribution in [1.82, 2.24) is 4.98 Å². The first-order valence-electron chi connectivity index (χ1n) is 4.41. The second-order valence-electron chi connectivity index (χ2n) is 2.59. The molecule has 15 heavy (non-hydrogen) atoms. The summed E-state index contributed by atoms with van der Waals surface area (Å²) < 4.78 is 4.77. The topological polar surface area (TPSA) is 63.0 Å². The summed E-state index contributed by atoms with van der Waals surface area (Å²) in [6, 6.07) is 5.35. The Labute approximate surface area is 92.3 Å². The smallest absolute Gasteiger partial charge is 0.316 e. The number of pyridine rings is 1. The van der Waals surface area contributed by atoms with Crippen LogP contribution in [0.25, 0.3) is 0 Å². The van der Waals surface area contributed by atoms with Crippen LogP contribution >= 0.6 is 11.8 Å². The molecule has 0 fully saturated rings. The first kappa shape index (κ1) is 11.5. The third-order valence-corrected chi connectivity index (χ3v) is 2.43. The van der Waals surface area contributed by atoms with Crippen molar-refractivity contribution in [2.75, 3.05) is 12.4 Å².